The van der Waals surface area contributed by atoms with Gasteiger partial charge in [-0.25, -0.2) is 14.3 Å². The molecule has 0 fully saturated rings. The van der Waals surface area contributed by atoms with Crippen molar-refractivity contribution in [3.63, 3.8) is 0 Å². The number of nitrogens with zero attached hydrogens (tertiary/aromatic N) is 2. The number of nitrogens with one attached hydrogen (secondary N) is 1. The summed E-state index contributed by atoms with van der Waals surface area (Å²) in [7, 11) is 1.61. The van der Waals surface area contributed by atoms with Crippen LogP contribution in [0.5, 0.6) is 0 Å². The Morgan fingerprint density at radius 1 is 1.19 bits per heavy atom. The second kappa shape index (κ2) is 7.47. The molecule has 0 spiro atoms. The van der Waals surface area contributed by atoms with Gasteiger partial charge in [-0.05, 0) is 32.9 Å². The van der Waals surface area contributed by atoms with Crippen LogP contribution in [0.25, 0.3) is 5.69 Å². The Bertz CT molecular complexity index is 859. The minimum absolute atomic E-state index is 0.140. The van der Waals surface area contributed by atoms with Crippen molar-refractivity contribution in [2.24, 2.45) is 7.05 Å². The van der Waals surface area contributed by atoms with Gasteiger partial charge in [0.05, 0.1) is 11.4 Å². The number of aromatic nitrogens is 2. The number of hydrogen-bond donors (Lipinski definition) is 2. The Labute approximate surface area is 151 Å². The van der Waals surface area contributed by atoms with Crippen LogP contribution in [0.1, 0.15) is 36.8 Å². The van der Waals surface area contributed by atoms with Crippen molar-refractivity contribution in [1.29, 1.82) is 0 Å². The molecule has 1 aromatic carbocycles. The van der Waals surface area contributed by atoms with Crippen LogP contribution in [0.15, 0.2) is 35.1 Å². The fourth-order valence-electron chi connectivity index (χ4n) is 2.61. The van der Waals surface area contributed by atoms with Crippen molar-refractivity contribution in [1.82, 2.24) is 14.7 Å². The summed E-state index contributed by atoms with van der Waals surface area (Å²) in [5, 5.41) is 12.0. The highest BCUT2D eigenvalue weighted by molar-refractivity contribution is 5.88. The largest absolute Gasteiger partial charge is 0.477 e. The number of carbonyl (C=O) groups is 2. The van der Waals surface area contributed by atoms with E-state index in [9.17, 15) is 19.5 Å². The summed E-state index contributed by atoms with van der Waals surface area (Å²) in [6.45, 7) is 5.39. The number of carbonyl (C=O) groups excluding carboxylic acids is 1. The van der Waals surface area contributed by atoms with Gasteiger partial charge < -0.3 is 15.2 Å². The molecule has 140 valence electrons. The zero-order valence-electron chi connectivity index (χ0n) is 15.3. The third-order valence-corrected chi connectivity index (χ3v) is 3.63. The molecule has 26 heavy (non-hydrogen) atoms. The first-order chi connectivity index (χ1) is 12.1. The Morgan fingerprint density at radius 3 is 2.35 bits per heavy atom. The highest BCUT2D eigenvalue weighted by atomic mass is 16.6. The van der Waals surface area contributed by atoms with Crippen molar-refractivity contribution < 1.29 is 19.4 Å². The SMILES string of the molecule is Cn1c(CCNC(=O)OC(C)(C)C)c(C(=O)O)c(=O)n1-c1ccccc1. The summed E-state index contributed by atoms with van der Waals surface area (Å²) in [4.78, 5) is 35.9. The molecular weight excluding hydrogens is 338 g/mol. The summed E-state index contributed by atoms with van der Waals surface area (Å²) in [5.41, 5.74) is -0.656. The normalized spacial score (nSPS) is 11.2. The molecule has 8 heteroatoms. The standard InChI is InChI=1S/C18H23N3O5/c1-18(2,3)26-17(25)19-11-10-13-14(16(23)24)15(22)21(20(13)4)12-8-6-5-7-9-12/h5-9H,10-11H2,1-4H3,(H,19,25)(H,23,24). The molecular formula is C18H23N3O5. The van der Waals surface area contributed by atoms with Crippen molar-refractivity contribution in [3.05, 3.63) is 51.9 Å². The molecule has 1 heterocycles. The number of carboxylic acid groups (broad SMARTS) is 1. The minimum Gasteiger partial charge on any atom is -0.477 e. The van der Waals surface area contributed by atoms with Crippen LogP contribution in [0.4, 0.5) is 4.79 Å². The quantitative estimate of drug-likeness (QED) is 0.847. The number of benzene rings is 1. The van der Waals surface area contributed by atoms with E-state index in [0.29, 0.717) is 11.4 Å². The topological polar surface area (TPSA) is 103 Å². The van der Waals surface area contributed by atoms with Crippen LogP contribution in [0, 0.1) is 0 Å². The van der Waals surface area contributed by atoms with E-state index in [2.05, 4.69) is 5.32 Å². The monoisotopic (exact) mass is 361 g/mol. The molecule has 0 aliphatic carbocycles. The Hall–Kier alpha value is -3.03. The predicted molar refractivity (Wildman–Crippen MR) is 95.9 cm³/mol. The van der Waals surface area contributed by atoms with Gasteiger partial charge in [-0.15, -0.1) is 0 Å². The lowest BCUT2D eigenvalue weighted by molar-refractivity contribution is 0.0528. The number of rotatable bonds is 5. The summed E-state index contributed by atoms with van der Waals surface area (Å²) < 4.78 is 7.94. The first kappa shape index (κ1) is 19.3. The van der Waals surface area contributed by atoms with Crippen molar-refractivity contribution >= 4 is 12.1 Å². The lowest BCUT2D eigenvalue weighted by Gasteiger charge is -2.19. The van der Waals surface area contributed by atoms with E-state index in [4.69, 9.17) is 4.74 Å². The fourth-order valence-corrected chi connectivity index (χ4v) is 2.61. The van der Waals surface area contributed by atoms with Crippen LogP contribution in [0.3, 0.4) is 0 Å². The smallest absolute Gasteiger partial charge is 0.407 e. The van der Waals surface area contributed by atoms with Crippen LogP contribution < -0.4 is 10.9 Å². The molecule has 0 aliphatic rings. The predicted octanol–water partition coefficient (Wildman–Crippen LogP) is 1.94. The summed E-state index contributed by atoms with van der Waals surface area (Å²) in [6, 6.07) is 8.77. The molecule has 8 nitrogen and oxygen atoms in total. The average molecular weight is 361 g/mol. The maximum Gasteiger partial charge on any atom is 0.407 e. The number of aromatic carboxylic acids is 1. The van der Waals surface area contributed by atoms with Gasteiger partial charge in [-0.1, -0.05) is 18.2 Å². The second-order valence-corrected chi connectivity index (χ2v) is 6.78. The molecule has 1 aromatic heterocycles. The highest BCUT2D eigenvalue weighted by Crippen LogP contribution is 2.12. The number of carboxylic acids is 1. The maximum absolute atomic E-state index is 12.6. The van der Waals surface area contributed by atoms with Gasteiger partial charge in [0.15, 0.2) is 0 Å². The molecule has 0 atom stereocenters. The minimum atomic E-state index is -1.30. The maximum atomic E-state index is 12.6. The Morgan fingerprint density at radius 2 is 1.81 bits per heavy atom. The second-order valence-electron chi connectivity index (χ2n) is 6.78. The first-order valence-corrected chi connectivity index (χ1v) is 8.18. The van der Waals surface area contributed by atoms with Crippen LogP contribution >= 0.6 is 0 Å². The van der Waals surface area contributed by atoms with Crippen LogP contribution in [-0.4, -0.2) is 38.7 Å². The lowest BCUT2D eigenvalue weighted by Crippen LogP contribution is -2.34. The van der Waals surface area contributed by atoms with E-state index in [0.717, 1.165) is 0 Å². The fraction of sp³-hybridized carbons (Fsp3) is 0.389. The van der Waals surface area contributed by atoms with E-state index >= 15 is 0 Å². The summed E-state index contributed by atoms with van der Waals surface area (Å²) in [5.74, 6) is -1.30. The van der Waals surface area contributed by atoms with E-state index < -0.39 is 23.2 Å². The number of amides is 1. The number of ether oxygens (including phenoxy) is 1. The third-order valence-electron chi connectivity index (χ3n) is 3.63. The molecule has 0 aliphatic heterocycles. The number of hydrogen-bond acceptors (Lipinski definition) is 4. The van der Waals surface area contributed by atoms with Crippen molar-refractivity contribution in [2.45, 2.75) is 32.8 Å². The lowest BCUT2D eigenvalue weighted by atomic mass is 10.2. The molecule has 2 N–H and O–H groups in total. The van der Waals surface area contributed by atoms with Gasteiger partial charge in [0.2, 0.25) is 0 Å². The summed E-state index contributed by atoms with van der Waals surface area (Å²) in [6.07, 6.45) is -0.422. The van der Waals surface area contributed by atoms with Crippen LogP contribution in [0.2, 0.25) is 0 Å². The van der Waals surface area contributed by atoms with E-state index in [-0.39, 0.29) is 18.5 Å². The Balaban J connectivity index is 2.27. The average Bonchev–Trinajstić information content (AvgIpc) is 2.77. The van der Waals surface area contributed by atoms with Crippen molar-refractivity contribution in [2.75, 3.05) is 6.54 Å². The van der Waals surface area contributed by atoms with E-state index in [1.54, 1.807) is 58.2 Å². The zero-order valence-corrected chi connectivity index (χ0v) is 15.3. The van der Waals surface area contributed by atoms with Gasteiger partial charge in [0.1, 0.15) is 11.2 Å². The van der Waals surface area contributed by atoms with Gasteiger partial charge in [-0.2, -0.15) is 0 Å². The first-order valence-electron chi connectivity index (χ1n) is 8.18. The molecule has 2 rings (SSSR count). The van der Waals surface area contributed by atoms with E-state index in [1.807, 2.05) is 0 Å². The zero-order chi connectivity index (χ0) is 19.5. The molecule has 0 saturated heterocycles. The molecule has 1 amide bonds. The third kappa shape index (κ3) is 4.33. The number of para-hydroxylation sites is 1. The van der Waals surface area contributed by atoms with Crippen LogP contribution in [-0.2, 0) is 18.2 Å². The number of alkyl carbamates (subject to hydrolysis) is 1. The van der Waals surface area contributed by atoms with Gasteiger partial charge in [-0.3, -0.25) is 9.48 Å². The molecule has 0 radical (unpaired) electrons. The summed E-state index contributed by atoms with van der Waals surface area (Å²) >= 11 is 0. The van der Waals surface area contributed by atoms with Gasteiger partial charge in [0.25, 0.3) is 5.56 Å². The Kier molecular flexibility index (Phi) is 5.54. The molecule has 2 aromatic rings. The molecule has 0 saturated carbocycles. The van der Waals surface area contributed by atoms with Gasteiger partial charge >= 0.3 is 12.1 Å². The highest BCUT2D eigenvalue weighted by Gasteiger charge is 2.24. The van der Waals surface area contributed by atoms with Crippen molar-refractivity contribution in [3.8, 4) is 5.69 Å². The molecule has 0 unspecified atom stereocenters. The van der Waals surface area contributed by atoms with Gasteiger partial charge in [0, 0.05) is 20.0 Å². The van der Waals surface area contributed by atoms with E-state index in [1.165, 1.54) is 9.36 Å². The molecule has 0 bridgehead atoms.